The Kier molecular flexibility index (Phi) is 27.4. The van der Waals surface area contributed by atoms with Crippen molar-refractivity contribution < 1.29 is 89.1 Å². The molecule has 0 amide bonds. The fourth-order valence-electron chi connectivity index (χ4n) is 0. The van der Waals surface area contributed by atoms with Crippen molar-refractivity contribution in [1.82, 2.24) is 0 Å². The van der Waals surface area contributed by atoms with Crippen LogP contribution in [-0.4, -0.2) is 11.9 Å². The number of hydrogen-bond donors (Lipinski definition) is 0. The molecule has 0 unspecified atom stereocenters. The predicted octanol–water partition coefficient (Wildman–Crippen LogP) is -5.75. The van der Waals surface area contributed by atoms with E-state index < -0.39 is 24.8 Å². The third-order valence-corrected chi connectivity index (χ3v) is 0.866. The molecule has 0 aromatic rings. The van der Waals surface area contributed by atoms with Gasteiger partial charge in [0.15, 0.2) is 0 Å². The molecule has 0 N–H and O–H groups in total. The van der Waals surface area contributed by atoms with E-state index in [1.165, 1.54) is 13.8 Å². The first kappa shape index (κ1) is 30.0. The van der Waals surface area contributed by atoms with Crippen LogP contribution in [0.1, 0.15) is 26.7 Å². The van der Waals surface area contributed by atoms with Crippen LogP contribution in [-0.2, 0) is 58.4 Å². The molecule has 0 heterocycles. The maximum absolute atomic E-state index is 9.36. The summed E-state index contributed by atoms with van der Waals surface area (Å²) < 4.78 is 0. The van der Waals surface area contributed by atoms with Crippen LogP contribution in [0.15, 0.2) is 0 Å². The molecule has 0 saturated heterocycles. The van der Waals surface area contributed by atoms with E-state index in [0.717, 1.165) is 0 Å². The molecule has 0 aromatic carbocycles. The number of hydrogen-bond acceptors (Lipinski definition) is 6. The minimum Gasteiger partial charge on any atom is -0.876 e. The van der Waals surface area contributed by atoms with Crippen LogP contribution in [0.4, 0.5) is 0 Å². The molecule has 9 heteroatoms. The maximum atomic E-state index is 9.36. The molecule has 0 saturated carbocycles. The van der Waals surface area contributed by atoms with E-state index in [2.05, 4.69) is 0 Å². The summed E-state index contributed by atoms with van der Waals surface area (Å²) >= 11 is 0. The molecular formula is C6H10O6Zn3. The Morgan fingerprint density at radius 3 is 0.667 bits per heavy atom. The van der Waals surface area contributed by atoms with E-state index >= 15 is 0 Å². The summed E-state index contributed by atoms with van der Waals surface area (Å²) in [5.74, 6) is -6.42. The fourth-order valence-corrected chi connectivity index (χ4v) is 0. The molecule has 15 heavy (non-hydrogen) atoms. The average molecular weight is 374 g/mol. The zero-order valence-electron chi connectivity index (χ0n) is 8.99. The molecule has 0 radical (unpaired) electrons. The van der Waals surface area contributed by atoms with Gasteiger partial charge in [-0.1, -0.05) is 26.7 Å². The largest absolute Gasteiger partial charge is 2.00 e. The molecule has 0 bridgehead atoms. The Balaban J connectivity index is -0.0000000370. The van der Waals surface area contributed by atoms with Gasteiger partial charge in [-0.25, -0.2) is 0 Å². The van der Waals surface area contributed by atoms with Crippen molar-refractivity contribution in [1.29, 1.82) is 0 Å². The van der Waals surface area contributed by atoms with Gasteiger partial charge in [-0.15, -0.1) is 0 Å². The summed E-state index contributed by atoms with van der Waals surface area (Å²) in [5.41, 5.74) is 0. The minimum absolute atomic E-state index is 0. The summed E-state index contributed by atoms with van der Waals surface area (Å²) in [6.07, 6.45) is -0.792. The minimum atomic E-state index is -3.21. The van der Waals surface area contributed by atoms with Gasteiger partial charge in [0.25, 0.3) is 0 Å². The van der Waals surface area contributed by atoms with Crippen LogP contribution >= 0.6 is 0 Å². The van der Waals surface area contributed by atoms with Crippen molar-refractivity contribution in [2.45, 2.75) is 38.6 Å². The standard InChI is InChI=1S/2C3H5O3.3Zn/c2*1-2-3(4,5)6;;;/h2*2H2,1H3;;;/q2*-3;3*+2. The molecular weight excluding hydrogens is 364 g/mol. The monoisotopic (exact) mass is 370 g/mol. The van der Waals surface area contributed by atoms with Gasteiger partial charge in [0, 0.05) is 0 Å². The van der Waals surface area contributed by atoms with Crippen LogP contribution in [0.25, 0.3) is 0 Å². The van der Waals surface area contributed by atoms with Crippen LogP contribution in [0.3, 0.4) is 0 Å². The Morgan fingerprint density at radius 2 is 0.667 bits per heavy atom. The Bertz CT molecular complexity index is 96.4. The van der Waals surface area contributed by atoms with E-state index in [1.807, 2.05) is 0 Å². The van der Waals surface area contributed by atoms with E-state index in [-0.39, 0.29) is 58.4 Å². The summed E-state index contributed by atoms with van der Waals surface area (Å²) in [6.45, 7) is 2.54. The van der Waals surface area contributed by atoms with Crippen molar-refractivity contribution in [2.24, 2.45) is 0 Å². The van der Waals surface area contributed by atoms with Gasteiger partial charge >= 0.3 is 58.4 Å². The first-order chi connectivity index (χ1) is 5.12. The maximum Gasteiger partial charge on any atom is 2.00 e. The summed E-state index contributed by atoms with van der Waals surface area (Å²) in [4.78, 5) is 0. The van der Waals surface area contributed by atoms with Crippen molar-refractivity contribution in [3.63, 3.8) is 0 Å². The molecule has 0 atom stereocenters. The van der Waals surface area contributed by atoms with Crippen molar-refractivity contribution in [3.05, 3.63) is 0 Å². The molecule has 0 aliphatic heterocycles. The van der Waals surface area contributed by atoms with Gasteiger partial charge in [0.05, 0.1) is 0 Å². The molecule has 0 aromatic heterocycles. The topological polar surface area (TPSA) is 138 Å². The average Bonchev–Trinajstić information content (AvgIpc) is 1.86. The normalized spacial score (nSPS) is 9.60. The summed E-state index contributed by atoms with van der Waals surface area (Å²) in [6, 6.07) is 0. The predicted molar refractivity (Wildman–Crippen MR) is 26.0 cm³/mol. The van der Waals surface area contributed by atoms with Gasteiger partial charge in [-0.2, -0.15) is 0 Å². The quantitative estimate of drug-likeness (QED) is 0.349. The molecule has 0 fully saturated rings. The Hall–Kier alpha value is 1.63. The van der Waals surface area contributed by atoms with Gasteiger partial charge in [-0.05, 0) is 0 Å². The second kappa shape index (κ2) is 13.7. The summed E-state index contributed by atoms with van der Waals surface area (Å²) in [7, 11) is 0. The van der Waals surface area contributed by atoms with Gasteiger partial charge in [0.1, 0.15) is 0 Å². The molecule has 0 aliphatic rings. The van der Waals surface area contributed by atoms with Crippen LogP contribution < -0.4 is 30.6 Å². The Morgan fingerprint density at radius 1 is 0.600 bits per heavy atom. The third-order valence-electron chi connectivity index (χ3n) is 0.866. The molecule has 0 aliphatic carbocycles. The summed E-state index contributed by atoms with van der Waals surface area (Å²) in [5, 5.41) is 56.2. The van der Waals surface area contributed by atoms with Crippen LogP contribution in [0.2, 0.25) is 0 Å². The van der Waals surface area contributed by atoms with Gasteiger partial charge in [-0.3, -0.25) is 0 Å². The zero-order chi connectivity index (χ0) is 10.4. The van der Waals surface area contributed by atoms with E-state index in [1.54, 1.807) is 0 Å². The molecule has 76 valence electrons. The first-order valence-corrected chi connectivity index (χ1v) is 3.35. The molecule has 0 spiro atoms. The fraction of sp³-hybridized carbons (Fsp3) is 1.00. The second-order valence-electron chi connectivity index (χ2n) is 2.07. The third kappa shape index (κ3) is 49.9. The van der Waals surface area contributed by atoms with Crippen LogP contribution in [0.5, 0.6) is 0 Å². The van der Waals surface area contributed by atoms with Crippen LogP contribution in [0, 0.1) is 0 Å². The second-order valence-corrected chi connectivity index (χ2v) is 2.07. The van der Waals surface area contributed by atoms with E-state index in [9.17, 15) is 30.6 Å². The Labute approximate surface area is 127 Å². The smallest absolute Gasteiger partial charge is 0.876 e. The van der Waals surface area contributed by atoms with Crippen molar-refractivity contribution in [2.75, 3.05) is 0 Å². The zero-order valence-corrected chi connectivity index (χ0v) is 17.9. The van der Waals surface area contributed by atoms with Crippen molar-refractivity contribution >= 4 is 0 Å². The number of rotatable bonds is 2. The SMILES string of the molecule is CCC([O-])([O-])[O-].CCC([O-])([O-])[O-].[Zn+2].[Zn+2].[Zn+2]. The van der Waals surface area contributed by atoms with Gasteiger partial charge in [0.2, 0.25) is 0 Å². The first-order valence-electron chi connectivity index (χ1n) is 3.35. The van der Waals surface area contributed by atoms with Crippen molar-refractivity contribution in [3.8, 4) is 0 Å². The van der Waals surface area contributed by atoms with E-state index in [4.69, 9.17) is 0 Å². The van der Waals surface area contributed by atoms with E-state index in [0.29, 0.717) is 0 Å². The molecule has 6 nitrogen and oxygen atoms in total. The van der Waals surface area contributed by atoms with Gasteiger partial charge < -0.3 is 42.6 Å². The molecule has 0 rings (SSSR count).